The van der Waals surface area contributed by atoms with Crippen LogP contribution in [0.1, 0.15) is 50.9 Å². The van der Waals surface area contributed by atoms with E-state index in [1.165, 1.54) is 33.8 Å². The van der Waals surface area contributed by atoms with Crippen molar-refractivity contribution in [3.8, 4) is 0 Å². The van der Waals surface area contributed by atoms with Crippen LogP contribution < -0.4 is 0 Å². The molecule has 3 rings (SSSR count). The summed E-state index contributed by atoms with van der Waals surface area (Å²) in [6.07, 6.45) is 3.04. The van der Waals surface area contributed by atoms with Crippen LogP contribution in [-0.4, -0.2) is 55.1 Å². The second kappa shape index (κ2) is 8.73. The molecule has 0 saturated heterocycles. The first kappa shape index (κ1) is 20.3. The molecule has 152 valence electrons. The number of aromatic amines is 3. The molecule has 0 unspecified atom stereocenters. The van der Waals surface area contributed by atoms with Crippen LogP contribution >= 0.6 is 0 Å². The molecule has 0 aromatic carbocycles. The summed E-state index contributed by atoms with van der Waals surface area (Å²) in [5.41, 5.74) is 10.9. The number of aromatic nitrogens is 6. The fraction of sp³-hybridized carbons (Fsp3) is 0.571. The summed E-state index contributed by atoms with van der Waals surface area (Å²) in [6.45, 7) is 15.6. The number of hydrogen-bond donors (Lipinski definition) is 3. The minimum atomic E-state index is 1.01. The largest absolute Gasteiger partial charge is 0.302 e. The first-order valence-corrected chi connectivity index (χ1v) is 10.1. The van der Waals surface area contributed by atoms with Gasteiger partial charge in [-0.25, -0.2) is 0 Å². The van der Waals surface area contributed by atoms with Crippen LogP contribution in [0.4, 0.5) is 0 Å². The number of nitrogens with one attached hydrogen (secondary N) is 3. The van der Waals surface area contributed by atoms with Crippen molar-refractivity contribution >= 4 is 0 Å². The van der Waals surface area contributed by atoms with Gasteiger partial charge in [-0.15, -0.1) is 0 Å². The molecule has 3 N–H and O–H groups in total. The molecule has 0 bridgehead atoms. The van der Waals surface area contributed by atoms with Crippen molar-refractivity contribution in [2.24, 2.45) is 0 Å². The topological polar surface area (TPSA) is 89.3 Å². The van der Waals surface area contributed by atoms with E-state index < -0.39 is 0 Å². The van der Waals surface area contributed by atoms with Gasteiger partial charge in [0.15, 0.2) is 0 Å². The van der Waals surface area contributed by atoms with E-state index in [-0.39, 0.29) is 0 Å². The quantitative estimate of drug-likeness (QED) is 0.530. The van der Waals surface area contributed by atoms with Gasteiger partial charge in [-0.1, -0.05) is 0 Å². The third-order valence-electron chi connectivity index (χ3n) is 5.88. The minimum Gasteiger partial charge on any atom is -0.302 e. The second-order valence-electron chi connectivity index (χ2n) is 7.83. The maximum Gasteiger partial charge on any atom is 0.0626 e. The molecule has 7 nitrogen and oxygen atoms in total. The van der Waals surface area contributed by atoms with E-state index in [0.29, 0.717) is 0 Å². The van der Waals surface area contributed by atoms with E-state index in [0.717, 1.165) is 56.0 Å². The van der Waals surface area contributed by atoms with E-state index in [2.05, 4.69) is 77.0 Å². The van der Waals surface area contributed by atoms with E-state index in [9.17, 15) is 0 Å². The van der Waals surface area contributed by atoms with E-state index in [1.807, 2.05) is 0 Å². The maximum atomic E-state index is 4.35. The zero-order valence-corrected chi connectivity index (χ0v) is 18.0. The van der Waals surface area contributed by atoms with Crippen LogP contribution in [0.15, 0.2) is 0 Å². The van der Waals surface area contributed by atoms with Gasteiger partial charge < -0.3 is 4.90 Å². The van der Waals surface area contributed by atoms with Gasteiger partial charge in [0.05, 0.1) is 17.1 Å². The van der Waals surface area contributed by atoms with Crippen molar-refractivity contribution in [1.82, 2.24) is 35.5 Å². The molecule has 0 fully saturated rings. The standard InChI is InChI=1S/C21H33N7/c1-13-19(14(2)23-22-13)7-10-28(11-8-20-15(3)24-25-16(20)4)12-9-21-17(5)26-27-18(21)6/h7-12H2,1-6H3,(H,22,23)(H,24,25)(H,26,27). The highest BCUT2D eigenvalue weighted by atomic mass is 15.1. The smallest absolute Gasteiger partial charge is 0.0626 e. The average Bonchev–Trinajstić information content (AvgIpc) is 3.27. The lowest BCUT2D eigenvalue weighted by Crippen LogP contribution is -2.31. The van der Waals surface area contributed by atoms with Crippen molar-refractivity contribution in [3.63, 3.8) is 0 Å². The number of H-pyrrole nitrogens is 3. The Labute approximate surface area is 167 Å². The van der Waals surface area contributed by atoms with Gasteiger partial charge >= 0.3 is 0 Å². The van der Waals surface area contributed by atoms with E-state index >= 15 is 0 Å². The molecule has 0 spiro atoms. The zero-order chi connectivity index (χ0) is 20.3. The average molecular weight is 384 g/mol. The first-order valence-electron chi connectivity index (χ1n) is 10.1. The zero-order valence-electron chi connectivity index (χ0n) is 18.0. The molecule has 3 aromatic heterocycles. The molecule has 28 heavy (non-hydrogen) atoms. The molecule has 0 amide bonds. The number of hydrogen-bond acceptors (Lipinski definition) is 4. The Morgan fingerprint density at radius 3 is 1.04 bits per heavy atom. The molecular formula is C21H33N7. The Hall–Kier alpha value is -2.41. The molecule has 3 heterocycles. The fourth-order valence-electron chi connectivity index (χ4n) is 3.97. The summed E-state index contributed by atoms with van der Waals surface area (Å²) < 4.78 is 0. The summed E-state index contributed by atoms with van der Waals surface area (Å²) in [5.74, 6) is 0. The van der Waals surface area contributed by atoms with Crippen molar-refractivity contribution < 1.29 is 0 Å². The Morgan fingerprint density at radius 1 is 0.536 bits per heavy atom. The Morgan fingerprint density at radius 2 is 0.821 bits per heavy atom. The van der Waals surface area contributed by atoms with E-state index in [1.54, 1.807) is 0 Å². The van der Waals surface area contributed by atoms with Crippen LogP contribution in [0.25, 0.3) is 0 Å². The first-order chi connectivity index (χ1) is 13.4. The Balaban J connectivity index is 1.67. The third kappa shape index (κ3) is 4.52. The number of aryl methyl sites for hydroxylation is 6. The molecular weight excluding hydrogens is 350 g/mol. The van der Waals surface area contributed by atoms with Gasteiger partial charge in [0.25, 0.3) is 0 Å². The molecule has 0 atom stereocenters. The van der Waals surface area contributed by atoms with Gasteiger partial charge in [0, 0.05) is 36.7 Å². The highest BCUT2D eigenvalue weighted by molar-refractivity contribution is 5.25. The predicted octanol–water partition coefficient (Wildman–Crippen LogP) is 3.04. The minimum absolute atomic E-state index is 1.01. The van der Waals surface area contributed by atoms with Gasteiger partial charge in [-0.2, -0.15) is 15.3 Å². The summed E-state index contributed by atoms with van der Waals surface area (Å²) in [6, 6.07) is 0. The summed E-state index contributed by atoms with van der Waals surface area (Å²) in [7, 11) is 0. The second-order valence-corrected chi connectivity index (χ2v) is 7.83. The van der Waals surface area contributed by atoms with Crippen molar-refractivity contribution in [3.05, 3.63) is 50.9 Å². The van der Waals surface area contributed by atoms with E-state index in [4.69, 9.17) is 0 Å². The predicted molar refractivity (Wildman–Crippen MR) is 112 cm³/mol. The number of nitrogens with zero attached hydrogens (tertiary/aromatic N) is 4. The van der Waals surface area contributed by atoms with Crippen LogP contribution in [0, 0.1) is 41.5 Å². The van der Waals surface area contributed by atoms with Gasteiger partial charge in [-0.05, 0) is 77.5 Å². The highest BCUT2D eigenvalue weighted by Gasteiger charge is 2.14. The maximum absolute atomic E-state index is 4.35. The van der Waals surface area contributed by atoms with Gasteiger partial charge in [0.2, 0.25) is 0 Å². The summed E-state index contributed by atoms with van der Waals surface area (Å²) >= 11 is 0. The monoisotopic (exact) mass is 383 g/mol. The molecule has 0 aliphatic heterocycles. The molecule has 0 radical (unpaired) electrons. The normalized spacial score (nSPS) is 11.7. The molecule has 0 aliphatic carbocycles. The molecule has 7 heteroatoms. The fourth-order valence-corrected chi connectivity index (χ4v) is 3.97. The van der Waals surface area contributed by atoms with Crippen LogP contribution in [0.5, 0.6) is 0 Å². The summed E-state index contributed by atoms with van der Waals surface area (Å²) in [4.78, 5) is 2.56. The van der Waals surface area contributed by atoms with Crippen LogP contribution in [-0.2, 0) is 19.3 Å². The Kier molecular flexibility index (Phi) is 6.34. The lowest BCUT2D eigenvalue weighted by atomic mass is 10.1. The summed E-state index contributed by atoms with van der Waals surface area (Å²) in [5, 5.41) is 22.4. The molecule has 3 aromatic rings. The van der Waals surface area contributed by atoms with Crippen molar-refractivity contribution in [1.29, 1.82) is 0 Å². The lowest BCUT2D eigenvalue weighted by Gasteiger charge is -2.23. The number of rotatable bonds is 9. The third-order valence-corrected chi connectivity index (χ3v) is 5.88. The molecule has 0 aliphatic rings. The SMILES string of the molecule is Cc1n[nH]c(C)c1CCN(CCc1c(C)n[nH]c1C)CCc1c(C)n[nH]c1C. The van der Waals surface area contributed by atoms with Gasteiger partial charge in [0.1, 0.15) is 0 Å². The molecule has 0 saturated carbocycles. The lowest BCUT2D eigenvalue weighted by molar-refractivity contribution is 0.283. The van der Waals surface area contributed by atoms with Crippen molar-refractivity contribution in [2.45, 2.75) is 60.8 Å². The van der Waals surface area contributed by atoms with Gasteiger partial charge in [-0.3, -0.25) is 15.3 Å². The van der Waals surface area contributed by atoms with Crippen molar-refractivity contribution in [2.75, 3.05) is 19.6 Å². The van der Waals surface area contributed by atoms with Crippen LogP contribution in [0.3, 0.4) is 0 Å². The Bertz CT molecular complexity index is 738. The van der Waals surface area contributed by atoms with Crippen LogP contribution in [0.2, 0.25) is 0 Å². The highest BCUT2D eigenvalue weighted by Crippen LogP contribution is 2.15.